The predicted octanol–water partition coefficient (Wildman–Crippen LogP) is 3.27. The first-order valence-corrected chi connectivity index (χ1v) is 6.97. The molecule has 3 nitrogen and oxygen atoms in total. The predicted molar refractivity (Wildman–Crippen MR) is 73.8 cm³/mol. The number of hydrogen-bond acceptors (Lipinski definition) is 2. The van der Waals surface area contributed by atoms with E-state index in [1.54, 1.807) is 0 Å². The molecule has 1 unspecified atom stereocenters. The van der Waals surface area contributed by atoms with E-state index in [0.717, 1.165) is 28.8 Å². The van der Waals surface area contributed by atoms with Gasteiger partial charge in [0.2, 0.25) is 0 Å². The first-order chi connectivity index (χ1) is 8.72. The molecule has 0 aromatic carbocycles. The molecule has 0 aliphatic heterocycles. The molecule has 3 rings (SSSR count). The zero-order valence-corrected chi connectivity index (χ0v) is 11.3. The number of nitrogens with one attached hydrogen (secondary N) is 1. The van der Waals surface area contributed by atoms with Gasteiger partial charge >= 0.3 is 0 Å². The molecule has 0 spiro atoms. The Morgan fingerprint density at radius 2 is 2.28 bits per heavy atom. The lowest BCUT2D eigenvalue weighted by atomic mass is 9.80. The number of aromatic nitrogens is 2. The standard InChI is InChI=1S/C14H18ClN3/c1-10(11-3-2-4-11)16-7-13-9-18-8-12(15)5-6-14(18)17-13/h5-6,8-11,16H,2-4,7H2,1H3. The number of hydrogen-bond donors (Lipinski definition) is 1. The molecular formula is C14H18ClN3. The van der Waals surface area contributed by atoms with Crippen molar-refractivity contribution in [3.05, 3.63) is 35.2 Å². The van der Waals surface area contributed by atoms with Gasteiger partial charge in [-0.3, -0.25) is 0 Å². The summed E-state index contributed by atoms with van der Waals surface area (Å²) in [6.07, 6.45) is 8.07. The summed E-state index contributed by atoms with van der Waals surface area (Å²) >= 11 is 5.96. The summed E-state index contributed by atoms with van der Waals surface area (Å²) in [5.41, 5.74) is 2.02. The van der Waals surface area contributed by atoms with E-state index in [-0.39, 0.29) is 0 Å². The molecule has 0 amide bonds. The maximum atomic E-state index is 5.96. The minimum absolute atomic E-state index is 0.590. The van der Waals surface area contributed by atoms with Crippen molar-refractivity contribution in [1.82, 2.24) is 14.7 Å². The number of pyridine rings is 1. The van der Waals surface area contributed by atoms with E-state index in [2.05, 4.69) is 17.2 Å². The summed E-state index contributed by atoms with van der Waals surface area (Å²) in [6, 6.07) is 4.41. The maximum Gasteiger partial charge on any atom is 0.137 e. The highest BCUT2D eigenvalue weighted by molar-refractivity contribution is 6.30. The van der Waals surface area contributed by atoms with Crippen molar-refractivity contribution in [3.8, 4) is 0 Å². The van der Waals surface area contributed by atoms with Crippen LogP contribution < -0.4 is 5.32 Å². The Kier molecular flexibility index (Phi) is 3.27. The van der Waals surface area contributed by atoms with E-state index < -0.39 is 0 Å². The number of rotatable bonds is 4. The molecule has 0 radical (unpaired) electrons. The van der Waals surface area contributed by atoms with Crippen molar-refractivity contribution in [2.24, 2.45) is 5.92 Å². The van der Waals surface area contributed by atoms with Crippen LogP contribution in [0.1, 0.15) is 31.9 Å². The Labute approximate surface area is 112 Å². The molecular weight excluding hydrogens is 246 g/mol. The summed E-state index contributed by atoms with van der Waals surface area (Å²) in [4.78, 5) is 4.57. The molecule has 1 N–H and O–H groups in total. The van der Waals surface area contributed by atoms with Gasteiger partial charge in [0.1, 0.15) is 5.65 Å². The van der Waals surface area contributed by atoms with Crippen LogP contribution in [0.3, 0.4) is 0 Å². The summed E-state index contributed by atoms with van der Waals surface area (Å²) in [5, 5.41) is 4.31. The van der Waals surface area contributed by atoms with Crippen LogP contribution in [0.25, 0.3) is 5.65 Å². The minimum Gasteiger partial charge on any atom is -0.308 e. The van der Waals surface area contributed by atoms with Gasteiger partial charge in [0.05, 0.1) is 10.7 Å². The Hall–Kier alpha value is -1.06. The van der Waals surface area contributed by atoms with Crippen LogP contribution in [0.15, 0.2) is 24.5 Å². The largest absolute Gasteiger partial charge is 0.308 e. The molecule has 4 heteroatoms. The minimum atomic E-state index is 0.590. The van der Waals surface area contributed by atoms with Crippen molar-refractivity contribution in [3.63, 3.8) is 0 Å². The fourth-order valence-corrected chi connectivity index (χ4v) is 2.64. The van der Waals surface area contributed by atoms with Crippen LogP contribution >= 0.6 is 11.6 Å². The molecule has 1 fully saturated rings. The van der Waals surface area contributed by atoms with Gasteiger partial charge in [-0.05, 0) is 37.8 Å². The molecule has 1 saturated carbocycles. The molecule has 2 heterocycles. The van der Waals surface area contributed by atoms with E-state index in [4.69, 9.17) is 11.6 Å². The first kappa shape index (κ1) is 12.0. The fourth-order valence-electron chi connectivity index (χ4n) is 2.47. The van der Waals surface area contributed by atoms with Gasteiger partial charge in [0.25, 0.3) is 0 Å². The highest BCUT2D eigenvalue weighted by Gasteiger charge is 2.23. The average Bonchev–Trinajstić information content (AvgIpc) is 2.65. The zero-order chi connectivity index (χ0) is 12.5. The van der Waals surface area contributed by atoms with E-state index in [1.165, 1.54) is 19.3 Å². The molecule has 2 aromatic rings. The van der Waals surface area contributed by atoms with Crippen LogP contribution in [0.2, 0.25) is 5.02 Å². The van der Waals surface area contributed by atoms with E-state index in [1.807, 2.05) is 28.9 Å². The summed E-state index contributed by atoms with van der Waals surface area (Å²) in [7, 11) is 0. The molecule has 0 bridgehead atoms. The van der Waals surface area contributed by atoms with Crippen LogP contribution in [0, 0.1) is 5.92 Å². The molecule has 1 aliphatic carbocycles. The molecule has 18 heavy (non-hydrogen) atoms. The second-order valence-corrected chi connectivity index (χ2v) is 5.64. The maximum absolute atomic E-state index is 5.96. The third-order valence-electron chi connectivity index (χ3n) is 3.93. The number of halogens is 1. The van der Waals surface area contributed by atoms with Crippen LogP contribution in [0.4, 0.5) is 0 Å². The van der Waals surface area contributed by atoms with E-state index in [9.17, 15) is 0 Å². The summed E-state index contributed by atoms with van der Waals surface area (Å²) < 4.78 is 1.98. The van der Waals surface area contributed by atoms with Crippen molar-refractivity contribution < 1.29 is 0 Å². The topological polar surface area (TPSA) is 29.3 Å². The molecule has 0 saturated heterocycles. The van der Waals surface area contributed by atoms with Gasteiger partial charge in [0, 0.05) is 25.0 Å². The second-order valence-electron chi connectivity index (χ2n) is 5.21. The van der Waals surface area contributed by atoms with Gasteiger partial charge in [-0.2, -0.15) is 0 Å². The van der Waals surface area contributed by atoms with Gasteiger partial charge in [-0.25, -0.2) is 4.98 Å². The van der Waals surface area contributed by atoms with Gasteiger partial charge in [-0.1, -0.05) is 18.0 Å². The summed E-state index contributed by atoms with van der Waals surface area (Å²) in [6.45, 7) is 3.10. The average molecular weight is 264 g/mol. The lowest BCUT2D eigenvalue weighted by Crippen LogP contribution is -2.36. The fraction of sp³-hybridized carbons (Fsp3) is 0.500. The SMILES string of the molecule is CC(NCc1cn2cc(Cl)ccc2n1)C1CCC1. The Morgan fingerprint density at radius 1 is 1.44 bits per heavy atom. The van der Waals surface area contributed by atoms with Gasteiger partial charge < -0.3 is 9.72 Å². The highest BCUT2D eigenvalue weighted by atomic mass is 35.5. The number of fused-ring (bicyclic) bond motifs is 1. The van der Waals surface area contributed by atoms with E-state index >= 15 is 0 Å². The molecule has 1 aliphatic rings. The van der Waals surface area contributed by atoms with Crippen molar-refractivity contribution in [2.75, 3.05) is 0 Å². The summed E-state index contributed by atoms with van der Waals surface area (Å²) in [5.74, 6) is 0.858. The van der Waals surface area contributed by atoms with Gasteiger partial charge in [0.15, 0.2) is 0 Å². The number of imidazole rings is 1. The van der Waals surface area contributed by atoms with Crippen molar-refractivity contribution in [2.45, 2.75) is 38.8 Å². The number of nitrogens with zero attached hydrogens (tertiary/aromatic N) is 2. The smallest absolute Gasteiger partial charge is 0.137 e. The van der Waals surface area contributed by atoms with Crippen LogP contribution in [0.5, 0.6) is 0 Å². The Morgan fingerprint density at radius 3 is 3.00 bits per heavy atom. The molecule has 2 aromatic heterocycles. The van der Waals surface area contributed by atoms with Crippen LogP contribution in [-0.2, 0) is 6.54 Å². The monoisotopic (exact) mass is 263 g/mol. The normalized spacial score (nSPS) is 17.9. The lowest BCUT2D eigenvalue weighted by molar-refractivity contribution is 0.239. The first-order valence-electron chi connectivity index (χ1n) is 6.59. The Bertz CT molecular complexity index is 545. The highest BCUT2D eigenvalue weighted by Crippen LogP contribution is 2.29. The molecule has 96 valence electrons. The van der Waals surface area contributed by atoms with Crippen molar-refractivity contribution >= 4 is 17.2 Å². The van der Waals surface area contributed by atoms with Crippen LogP contribution in [-0.4, -0.2) is 15.4 Å². The van der Waals surface area contributed by atoms with Crippen molar-refractivity contribution in [1.29, 1.82) is 0 Å². The zero-order valence-electron chi connectivity index (χ0n) is 10.6. The second kappa shape index (κ2) is 4.90. The van der Waals surface area contributed by atoms with Gasteiger partial charge in [-0.15, -0.1) is 0 Å². The molecule has 1 atom stereocenters. The van der Waals surface area contributed by atoms with E-state index in [0.29, 0.717) is 6.04 Å². The quantitative estimate of drug-likeness (QED) is 0.917. The Balaban J connectivity index is 1.67. The third kappa shape index (κ3) is 2.38. The lowest BCUT2D eigenvalue weighted by Gasteiger charge is -2.31. The third-order valence-corrected chi connectivity index (χ3v) is 4.15.